The summed E-state index contributed by atoms with van der Waals surface area (Å²) in [4.78, 5) is 3.85. The molecule has 13 heavy (non-hydrogen) atoms. The monoisotopic (exact) mass is 203 g/mol. The molecule has 0 unspecified atom stereocenters. The third-order valence-electron chi connectivity index (χ3n) is 1.78. The van der Waals surface area contributed by atoms with Crippen molar-refractivity contribution in [3.63, 3.8) is 0 Å². The molecule has 0 atom stereocenters. The minimum Gasteiger partial charge on any atom is -0.241 e. The van der Waals surface area contributed by atoms with Gasteiger partial charge in [-0.05, 0) is 6.07 Å². The van der Waals surface area contributed by atoms with E-state index in [2.05, 4.69) is 4.98 Å². The van der Waals surface area contributed by atoms with Crippen LogP contribution in [0.3, 0.4) is 0 Å². The van der Waals surface area contributed by atoms with Crippen LogP contribution in [0, 0.1) is 0 Å². The summed E-state index contributed by atoms with van der Waals surface area (Å²) in [6, 6.07) is 4.87. The fraction of sp³-hybridized carbons (Fsp3) is 0.286. The van der Waals surface area contributed by atoms with E-state index in [1.54, 1.807) is 12.1 Å². The lowest BCUT2D eigenvalue weighted by Gasteiger charge is -2.21. The van der Waals surface area contributed by atoms with Gasteiger partial charge < -0.3 is 0 Å². The first-order valence-corrected chi connectivity index (χ1v) is 4.98. The molecule has 0 radical (unpaired) electrons. The molecule has 72 valence electrons. The molecule has 0 aliphatic heterocycles. The first-order valence-electron chi connectivity index (χ1n) is 3.59. The SMILES string of the molecule is C[N+](C)(c1ccccn1)S(=O)(=O)O. The van der Waals surface area contributed by atoms with Gasteiger partial charge in [0.1, 0.15) is 0 Å². The minimum absolute atomic E-state index is 0.269. The topological polar surface area (TPSA) is 67.3 Å². The number of quaternary nitrogens is 1. The summed E-state index contributed by atoms with van der Waals surface area (Å²) in [6.45, 7) is 0. The highest BCUT2D eigenvalue weighted by Crippen LogP contribution is 2.17. The predicted molar refractivity (Wildman–Crippen MR) is 49.4 cm³/mol. The van der Waals surface area contributed by atoms with Crippen LogP contribution in [0.5, 0.6) is 0 Å². The van der Waals surface area contributed by atoms with Gasteiger partial charge >= 0.3 is 10.3 Å². The number of aromatic nitrogens is 1. The molecule has 0 saturated heterocycles. The average molecular weight is 203 g/mol. The van der Waals surface area contributed by atoms with Crippen LogP contribution < -0.4 is 3.89 Å². The van der Waals surface area contributed by atoms with Gasteiger partial charge in [0.25, 0.3) is 0 Å². The lowest BCUT2D eigenvalue weighted by Crippen LogP contribution is -2.46. The molecule has 1 rings (SSSR count). The average Bonchev–Trinajstić information content (AvgIpc) is 2.04. The van der Waals surface area contributed by atoms with Crippen molar-refractivity contribution >= 4 is 16.1 Å². The smallest absolute Gasteiger partial charge is 0.241 e. The molecular weight excluding hydrogens is 192 g/mol. The van der Waals surface area contributed by atoms with Crippen molar-refractivity contribution in [2.24, 2.45) is 0 Å². The van der Waals surface area contributed by atoms with Crippen LogP contribution in [0.2, 0.25) is 0 Å². The second kappa shape index (κ2) is 3.06. The lowest BCUT2D eigenvalue weighted by molar-refractivity contribution is 0.409. The zero-order valence-corrected chi connectivity index (χ0v) is 8.19. The minimum atomic E-state index is -4.18. The zero-order chi connectivity index (χ0) is 10.1. The van der Waals surface area contributed by atoms with Crippen molar-refractivity contribution in [1.29, 1.82) is 0 Å². The van der Waals surface area contributed by atoms with Crippen LogP contribution in [0.25, 0.3) is 0 Å². The van der Waals surface area contributed by atoms with E-state index >= 15 is 0 Å². The zero-order valence-electron chi connectivity index (χ0n) is 7.38. The first-order chi connectivity index (χ1) is 5.86. The van der Waals surface area contributed by atoms with E-state index in [1.807, 2.05) is 0 Å². The first kappa shape index (κ1) is 10.1. The molecule has 0 aromatic carbocycles. The fourth-order valence-corrected chi connectivity index (χ4v) is 1.13. The summed E-state index contributed by atoms with van der Waals surface area (Å²) in [5, 5.41) is 0. The maximum Gasteiger partial charge on any atom is 0.438 e. The van der Waals surface area contributed by atoms with Crippen LogP contribution >= 0.6 is 0 Å². The Bertz CT molecular complexity index is 385. The van der Waals surface area contributed by atoms with Crippen molar-refractivity contribution in [1.82, 2.24) is 8.87 Å². The molecule has 1 aromatic rings. The van der Waals surface area contributed by atoms with Crippen LogP contribution in [-0.4, -0.2) is 32.0 Å². The molecule has 0 saturated carbocycles. The number of hydrogen-bond acceptors (Lipinski definition) is 3. The molecule has 0 aliphatic carbocycles. The van der Waals surface area contributed by atoms with E-state index < -0.39 is 14.2 Å². The highest BCUT2D eigenvalue weighted by molar-refractivity contribution is 7.85. The van der Waals surface area contributed by atoms with Crippen LogP contribution in [0.1, 0.15) is 0 Å². The highest BCUT2D eigenvalue weighted by atomic mass is 32.2. The molecule has 5 nitrogen and oxygen atoms in total. The van der Waals surface area contributed by atoms with Gasteiger partial charge in [-0.1, -0.05) is 6.07 Å². The van der Waals surface area contributed by atoms with E-state index in [-0.39, 0.29) is 5.82 Å². The number of nitrogens with zero attached hydrogens (tertiary/aromatic N) is 2. The molecule has 1 heterocycles. The Labute approximate surface area is 77.1 Å². The number of hydrogen-bond donors (Lipinski definition) is 1. The molecule has 1 aromatic heterocycles. The van der Waals surface area contributed by atoms with Crippen molar-refractivity contribution in [2.75, 3.05) is 14.1 Å². The molecule has 0 fully saturated rings. The van der Waals surface area contributed by atoms with Gasteiger partial charge in [-0.3, -0.25) is 0 Å². The van der Waals surface area contributed by atoms with Crippen molar-refractivity contribution in [2.45, 2.75) is 0 Å². The molecule has 0 spiro atoms. The number of rotatable bonds is 2. The Morgan fingerprint density at radius 1 is 1.38 bits per heavy atom. The van der Waals surface area contributed by atoms with Crippen molar-refractivity contribution in [3.8, 4) is 0 Å². The van der Waals surface area contributed by atoms with Crippen LogP contribution in [0.15, 0.2) is 24.4 Å². The largest absolute Gasteiger partial charge is 0.438 e. The highest BCUT2D eigenvalue weighted by Gasteiger charge is 2.34. The summed E-state index contributed by atoms with van der Waals surface area (Å²) in [6.07, 6.45) is 1.47. The number of pyridine rings is 1. The van der Waals surface area contributed by atoms with Gasteiger partial charge in [0.15, 0.2) is 0 Å². The summed E-state index contributed by atoms with van der Waals surface area (Å²) >= 11 is 0. The van der Waals surface area contributed by atoms with Crippen LogP contribution in [0.4, 0.5) is 5.82 Å². The summed E-state index contributed by atoms with van der Waals surface area (Å²) in [7, 11) is -1.49. The van der Waals surface area contributed by atoms with Crippen molar-refractivity contribution in [3.05, 3.63) is 24.4 Å². The molecule has 0 bridgehead atoms. The molecule has 6 heteroatoms. The lowest BCUT2D eigenvalue weighted by atomic mass is 10.4. The Morgan fingerprint density at radius 2 is 2.00 bits per heavy atom. The molecule has 0 amide bonds. The van der Waals surface area contributed by atoms with E-state index in [9.17, 15) is 8.42 Å². The molecular formula is C7H11N2O3S+. The Morgan fingerprint density at radius 3 is 2.38 bits per heavy atom. The maximum atomic E-state index is 10.9. The predicted octanol–water partition coefficient (Wildman–Crippen LogP) is 0.451. The van der Waals surface area contributed by atoms with Gasteiger partial charge in [0.2, 0.25) is 5.82 Å². The fourth-order valence-electron chi connectivity index (χ4n) is 0.790. The van der Waals surface area contributed by atoms with E-state index in [0.717, 1.165) is 0 Å². The van der Waals surface area contributed by atoms with E-state index in [0.29, 0.717) is 0 Å². The van der Waals surface area contributed by atoms with Gasteiger partial charge in [-0.15, -0.1) is 8.42 Å². The van der Waals surface area contributed by atoms with Crippen molar-refractivity contribution < 1.29 is 13.0 Å². The maximum absolute atomic E-state index is 10.9. The summed E-state index contributed by atoms with van der Waals surface area (Å²) < 4.78 is 30.1. The van der Waals surface area contributed by atoms with Gasteiger partial charge in [-0.25, -0.2) is 9.54 Å². The summed E-state index contributed by atoms with van der Waals surface area (Å²) in [5.74, 6) is 0.269. The van der Waals surface area contributed by atoms with Gasteiger partial charge in [-0.2, -0.15) is 3.89 Å². The Hall–Kier alpha value is -0.980. The normalized spacial score (nSPS) is 12.8. The standard InChI is InChI=1S/C7H10N2O3S/c1-9(2,13(10,11)12)7-5-3-4-6-8-7/h3-6H,1-2H3/p+1. The second-order valence-corrected chi connectivity index (χ2v) is 4.80. The van der Waals surface area contributed by atoms with Gasteiger partial charge in [0, 0.05) is 12.3 Å². The van der Waals surface area contributed by atoms with E-state index in [4.69, 9.17) is 4.55 Å². The third-order valence-corrected chi connectivity index (χ3v) is 3.12. The Kier molecular flexibility index (Phi) is 2.38. The Balaban J connectivity index is 3.24. The quantitative estimate of drug-likeness (QED) is 0.560. The third kappa shape index (κ3) is 1.85. The van der Waals surface area contributed by atoms with Crippen LogP contribution in [-0.2, 0) is 10.3 Å². The van der Waals surface area contributed by atoms with E-state index in [1.165, 1.54) is 26.4 Å². The van der Waals surface area contributed by atoms with Gasteiger partial charge in [0.05, 0.1) is 14.1 Å². The second-order valence-electron chi connectivity index (χ2n) is 2.99. The molecule has 0 aliphatic rings. The molecule has 1 N–H and O–H groups in total. The summed E-state index contributed by atoms with van der Waals surface area (Å²) in [5.41, 5.74) is 0.